The Morgan fingerprint density at radius 1 is 1.55 bits per heavy atom. The third-order valence-corrected chi connectivity index (χ3v) is 6.14. The van der Waals surface area contributed by atoms with E-state index in [1.165, 1.54) is 37.1 Å². The van der Waals surface area contributed by atoms with Crippen molar-refractivity contribution in [3.63, 3.8) is 0 Å². The summed E-state index contributed by atoms with van der Waals surface area (Å²) in [5.74, 6) is -0.736. The zero-order valence-electron chi connectivity index (χ0n) is 10.4. The van der Waals surface area contributed by atoms with E-state index in [2.05, 4.69) is 0 Å². The minimum Gasteiger partial charge on any atom is -0.495 e. The molecule has 9 heteroatoms. The van der Waals surface area contributed by atoms with E-state index in [1.54, 1.807) is 0 Å². The Bertz CT molecular complexity index is 634. The van der Waals surface area contributed by atoms with Gasteiger partial charge in [0.05, 0.1) is 13.0 Å². The van der Waals surface area contributed by atoms with Gasteiger partial charge in [-0.25, -0.2) is 8.42 Å². The number of carboxylic acid groups (broad SMARTS) is 1. The van der Waals surface area contributed by atoms with Crippen molar-refractivity contribution in [2.45, 2.75) is 10.9 Å². The number of nitrogens with zero attached hydrogens (tertiary/aromatic N) is 1. The highest BCUT2D eigenvalue weighted by atomic mass is 35.5. The van der Waals surface area contributed by atoms with E-state index in [4.69, 9.17) is 21.4 Å². The number of benzene rings is 1. The van der Waals surface area contributed by atoms with Crippen molar-refractivity contribution < 1.29 is 23.1 Å². The van der Waals surface area contributed by atoms with E-state index in [0.29, 0.717) is 5.02 Å². The molecule has 1 N–H and O–H groups in total. The van der Waals surface area contributed by atoms with Gasteiger partial charge in [0.1, 0.15) is 16.7 Å². The van der Waals surface area contributed by atoms with Gasteiger partial charge in [-0.15, -0.1) is 11.8 Å². The van der Waals surface area contributed by atoms with E-state index in [1.807, 2.05) is 0 Å². The highest BCUT2D eigenvalue weighted by Crippen LogP contribution is 2.34. The number of hydrogen-bond acceptors (Lipinski definition) is 5. The summed E-state index contributed by atoms with van der Waals surface area (Å²) in [5, 5.41) is 9.43. The molecule has 1 saturated heterocycles. The Balaban J connectivity index is 2.47. The van der Waals surface area contributed by atoms with Crippen molar-refractivity contribution in [2.75, 3.05) is 18.7 Å². The minimum absolute atomic E-state index is 0.0850. The molecule has 1 aliphatic heterocycles. The normalized spacial score (nSPS) is 20.0. The fourth-order valence-electron chi connectivity index (χ4n) is 1.84. The van der Waals surface area contributed by atoms with E-state index >= 15 is 0 Å². The summed E-state index contributed by atoms with van der Waals surface area (Å²) in [4.78, 5) is 11.0. The van der Waals surface area contributed by atoms with Gasteiger partial charge in [0.25, 0.3) is 0 Å². The van der Waals surface area contributed by atoms with Crippen molar-refractivity contribution in [1.82, 2.24) is 4.31 Å². The van der Waals surface area contributed by atoms with Crippen molar-refractivity contribution in [3.8, 4) is 5.75 Å². The first-order chi connectivity index (χ1) is 9.37. The van der Waals surface area contributed by atoms with Crippen molar-refractivity contribution in [1.29, 1.82) is 0 Å². The number of rotatable bonds is 4. The monoisotopic (exact) mass is 337 g/mol. The number of halogens is 1. The first kappa shape index (κ1) is 15.4. The van der Waals surface area contributed by atoms with Crippen LogP contribution in [0.3, 0.4) is 0 Å². The molecule has 0 amide bonds. The molecule has 0 bridgehead atoms. The van der Waals surface area contributed by atoms with Gasteiger partial charge in [0, 0.05) is 16.8 Å². The van der Waals surface area contributed by atoms with Gasteiger partial charge >= 0.3 is 5.97 Å². The van der Waals surface area contributed by atoms with Crippen LogP contribution in [0.25, 0.3) is 0 Å². The standard InChI is InChI=1S/C11H12ClNO5S2/c1-18-9-4-7(12)2-3-10(9)20(16,17)13-6-19-5-8(13)11(14)15/h2-4,8H,5-6H2,1H3,(H,14,15)/t8-/m0/s1. The number of methoxy groups -OCH3 is 1. The molecule has 0 aliphatic carbocycles. The van der Waals surface area contributed by atoms with Gasteiger partial charge in [0.15, 0.2) is 0 Å². The van der Waals surface area contributed by atoms with E-state index in [-0.39, 0.29) is 22.3 Å². The average molecular weight is 338 g/mol. The summed E-state index contributed by atoms with van der Waals surface area (Å²) < 4.78 is 31.1. The van der Waals surface area contributed by atoms with Crippen LogP contribution in [0.1, 0.15) is 0 Å². The third-order valence-electron chi connectivity index (χ3n) is 2.84. The molecule has 0 saturated carbocycles. The molecular formula is C11H12ClNO5S2. The first-order valence-electron chi connectivity index (χ1n) is 5.54. The number of carbonyl (C=O) groups is 1. The van der Waals surface area contributed by atoms with Crippen LogP contribution < -0.4 is 4.74 Å². The largest absolute Gasteiger partial charge is 0.495 e. The summed E-state index contributed by atoms with van der Waals surface area (Å²) in [6.07, 6.45) is 0. The Morgan fingerprint density at radius 2 is 2.25 bits per heavy atom. The van der Waals surface area contributed by atoms with Gasteiger partial charge in [-0.1, -0.05) is 11.6 Å². The Hall–Kier alpha value is -0.960. The van der Waals surface area contributed by atoms with E-state index in [0.717, 1.165) is 4.31 Å². The van der Waals surface area contributed by atoms with Crippen LogP contribution in [-0.4, -0.2) is 48.6 Å². The van der Waals surface area contributed by atoms with Crippen LogP contribution in [-0.2, 0) is 14.8 Å². The Morgan fingerprint density at radius 3 is 2.85 bits per heavy atom. The van der Waals surface area contributed by atoms with Crippen LogP contribution >= 0.6 is 23.4 Å². The topological polar surface area (TPSA) is 83.9 Å². The molecule has 0 aromatic heterocycles. The van der Waals surface area contributed by atoms with E-state index in [9.17, 15) is 13.2 Å². The predicted molar refractivity (Wildman–Crippen MR) is 75.8 cm³/mol. The summed E-state index contributed by atoms with van der Waals surface area (Å²) in [5.41, 5.74) is 0. The minimum atomic E-state index is -3.94. The molecule has 1 aromatic carbocycles. The second kappa shape index (κ2) is 5.80. The highest BCUT2D eigenvalue weighted by Gasteiger charge is 2.41. The maximum absolute atomic E-state index is 12.6. The summed E-state index contributed by atoms with van der Waals surface area (Å²) in [7, 11) is -2.61. The van der Waals surface area contributed by atoms with Gasteiger partial charge < -0.3 is 9.84 Å². The molecule has 2 rings (SSSR count). The maximum atomic E-state index is 12.6. The van der Waals surface area contributed by atoms with Crippen molar-refractivity contribution in [2.24, 2.45) is 0 Å². The number of thioether (sulfide) groups is 1. The smallest absolute Gasteiger partial charge is 0.322 e. The summed E-state index contributed by atoms with van der Waals surface area (Å²) in [6.45, 7) is 0. The van der Waals surface area contributed by atoms with Crippen LogP contribution in [0.5, 0.6) is 5.75 Å². The molecule has 110 valence electrons. The van der Waals surface area contributed by atoms with Crippen LogP contribution in [0.4, 0.5) is 0 Å². The molecule has 1 fully saturated rings. The van der Waals surface area contributed by atoms with Crippen LogP contribution in [0.2, 0.25) is 5.02 Å². The lowest BCUT2D eigenvalue weighted by Crippen LogP contribution is -2.41. The lowest BCUT2D eigenvalue weighted by molar-refractivity contribution is -0.140. The fraction of sp³-hybridized carbons (Fsp3) is 0.364. The lowest BCUT2D eigenvalue weighted by Gasteiger charge is -2.21. The van der Waals surface area contributed by atoms with E-state index < -0.39 is 22.0 Å². The van der Waals surface area contributed by atoms with Crippen molar-refractivity contribution in [3.05, 3.63) is 23.2 Å². The molecule has 1 aromatic rings. The summed E-state index contributed by atoms with van der Waals surface area (Å²) >= 11 is 7.05. The highest BCUT2D eigenvalue weighted by molar-refractivity contribution is 8.00. The molecule has 0 unspecified atom stereocenters. The number of sulfonamides is 1. The second-order valence-electron chi connectivity index (χ2n) is 4.04. The number of aliphatic carboxylic acids is 1. The SMILES string of the molecule is COc1cc(Cl)ccc1S(=O)(=O)N1CSC[C@H]1C(=O)O. The molecule has 1 heterocycles. The molecule has 0 radical (unpaired) electrons. The fourth-order valence-corrected chi connectivity index (χ4v) is 5.27. The lowest BCUT2D eigenvalue weighted by atomic mass is 10.3. The molecule has 6 nitrogen and oxygen atoms in total. The zero-order chi connectivity index (χ0) is 14.9. The zero-order valence-corrected chi connectivity index (χ0v) is 12.8. The Kier molecular flexibility index (Phi) is 4.48. The number of hydrogen-bond donors (Lipinski definition) is 1. The third kappa shape index (κ3) is 2.73. The maximum Gasteiger partial charge on any atom is 0.322 e. The molecular weight excluding hydrogens is 326 g/mol. The van der Waals surface area contributed by atoms with Crippen molar-refractivity contribution >= 4 is 39.4 Å². The van der Waals surface area contributed by atoms with Gasteiger partial charge in [-0.05, 0) is 12.1 Å². The molecule has 0 spiro atoms. The van der Waals surface area contributed by atoms with Gasteiger partial charge in [-0.2, -0.15) is 4.31 Å². The molecule has 1 aliphatic rings. The molecule has 1 atom stereocenters. The van der Waals surface area contributed by atoms with Crippen LogP contribution in [0.15, 0.2) is 23.1 Å². The predicted octanol–water partition coefficient (Wildman–Crippen LogP) is 1.50. The van der Waals surface area contributed by atoms with Gasteiger partial charge in [-0.3, -0.25) is 4.79 Å². The number of carboxylic acids is 1. The average Bonchev–Trinajstić information content (AvgIpc) is 2.88. The number of ether oxygens (including phenoxy) is 1. The second-order valence-corrected chi connectivity index (χ2v) is 7.34. The van der Waals surface area contributed by atoms with Crippen LogP contribution in [0, 0.1) is 0 Å². The Labute approximate surface area is 125 Å². The summed E-state index contributed by atoms with van der Waals surface area (Å²) in [6, 6.07) is 3.06. The molecule has 20 heavy (non-hydrogen) atoms. The quantitative estimate of drug-likeness (QED) is 0.896. The van der Waals surface area contributed by atoms with Gasteiger partial charge in [0.2, 0.25) is 10.0 Å². The first-order valence-corrected chi connectivity index (χ1v) is 8.51.